The van der Waals surface area contributed by atoms with Crippen LogP contribution >= 0.6 is 0 Å². The Bertz CT molecular complexity index is 331. The van der Waals surface area contributed by atoms with Gasteiger partial charge in [-0.1, -0.05) is 0 Å². The van der Waals surface area contributed by atoms with Gasteiger partial charge in [-0.25, -0.2) is 0 Å². The van der Waals surface area contributed by atoms with E-state index in [1.165, 1.54) is 0 Å². The van der Waals surface area contributed by atoms with Gasteiger partial charge in [0.05, 0.1) is 17.4 Å². The monoisotopic (exact) mass is 194 g/mol. The lowest BCUT2D eigenvalue weighted by Crippen LogP contribution is -2.61. The molecule has 1 amide bonds. The Hall–Kier alpha value is -1.36. The number of carbonyl (C=O) groups excluding carboxylic acids is 1. The summed E-state index contributed by atoms with van der Waals surface area (Å²) in [7, 11) is 0. The number of piperazine rings is 1. The number of nitrogens with one attached hydrogen (secondary N) is 2. The zero-order valence-electron chi connectivity index (χ0n) is 8.37. The summed E-state index contributed by atoms with van der Waals surface area (Å²) < 4.78 is 0. The molecule has 0 radical (unpaired) electrons. The third-order valence-electron chi connectivity index (χ3n) is 2.48. The predicted molar refractivity (Wildman–Crippen MR) is 53.0 cm³/mol. The second kappa shape index (κ2) is 3.09. The van der Waals surface area contributed by atoms with Crippen LogP contribution in [0.25, 0.3) is 0 Å². The van der Waals surface area contributed by atoms with Crippen molar-refractivity contribution >= 4 is 11.6 Å². The summed E-state index contributed by atoms with van der Waals surface area (Å²) in [4.78, 5) is 13.7. The number of rotatable bonds is 1. The average Bonchev–Trinajstić information content (AvgIpc) is 2.62. The van der Waals surface area contributed by atoms with Crippen molar-refractivity contribution < 1.29 is 4.79 Å². The number of amides is 1. The molecule has 14 heavy (non-hydrogen) atoms. The van der Waals surface area contributed by atoms with E-state index in [1.807, 2.05) is 13.8 Å². The van der Waals surface area contributed by atoms with Crippen LogP contribution in [-0.2, 0) is 4.79 Å². The second-order valence-electron chi connectivity index (χ2n) is 3.97. The molecule has 0 aliphatic carbocycles. The van der Waals surface area contributed by atoms with E-state index < -0.39 is 5.54 Å². The van der Waals surface area contributed by atoms with Gasteiger partial charge in [0.25, 0.3) is 0 Å². The lowest BCUT2D eigenvalue weighted by molar-refractivity contribution is -0.124. The molecule has 0 atom stereocenters. The van der Waals surface area contributed by atoms with Crippen LogP contribution in [-0.4, -0.2) is 34.7 Å². The zero-order valence-corrected chi connectivity index (χ0v) is 8.37. The molecule has 1 aliphatic rings. The van der Waals surface area contributed by atoms with E-state index in [9.17, 15) is 4.79 Å². The van der Waals surface area contributed by atoms with Gasteiger partial charge in [-0.15, -0.1) is 0 Å². The highest BCUT2D eigenvalue weighted by molar-refractivity contribution is 6.00. The molecular weight excluding hydrogens is 180 g/mol. The Labute approximate surface area is 82.5 Å². The van der Waals surface area contributed by atoms with E-state index in [0.717, 1.165) is 12.2 Å². The van der Waals surface area contributed by atoms with Crippen LogP contribution in [0.5, 0.6) is 0 Å². The minimum Gasteiger partial charge on any atom is -0.307 e. The standard InChI is InChI=1S/C9H14N4O/c1-9(2)8(14)13(4-3-10-9)7-5-11-12-6-7/h5-6,10H,3-4H2,1-2H3,(H,11,12). The summed E-state index contributed by atoms with van der Waals surface area (Å²) in [6.07, 6.45) is 3.40. The summed E-state index contributed by atoms with van der Waals surface area (Å²) >= 11 is 0. The molecule has 1 aromatic heterocycles. The smallest absolute Gasteiger partial charge is 0.246 e. The summed E-state index contributed by atoms with van der Waals surface area (Å²) in [5, 5.41) is 9.73. The number of hydrogen-bond donors (Lipinski definition) is 2. The summed E-state index contributed by atoms with van der Waals surface area (Å²) in [6.45, 7) is 5.29. The Morgan fingerprint density at radius 1 is 1.57 bits per heavy atom. The molecule has 0 bridgehead atoms. The molecule has 0 saturated carbocycles. The number of carbonyl (C=O) groups is 1. The molecule has 0 unspecified atom stereocenters. The summed E-state index contributed by atoms with van der Waals surface area (Å²) in [5.74, 6) is 0.0881. The highest BCUT2D eigenvalue weighted by Gasteiger charge is 2.36. The maximum atomic E-state index is 12.0. The van der Waals surface area contributed by atoms with Crippen LogP contribution in [0.3, 0.4) is 0 Å². The molecule has 0 spiro atoms. The third-order valence-corrected chi connectivity index (χ3v) is 2.48. The first-order valence-corrected chi connectivity index (χ1v) is 4.67. The Balaban J connectivity index is 2.25. The number of aromatic amines is 1. The van der Waals surface area contributed by atoms with Crippen molar-refractivity contribution in [1.29, 1.82) is 0 Å². The van der Waals surface area contributed by atoms with Crippen LogP contribution in [0.2, 0.25) is 0 Å². The number of anilines is 1. The van der Waals surface area contributed by atoms with Gasteiger partial charge in [0.1, 0.15) is 0 Å². The van der Waals surface area contributed by atoms with Crippen molar-refractivity contribution in [2.45, 2.75) is 19.4 Å². The van der Waals surface area contributed by atoms with E-state index >= 15 is 0 Å². The van der Waals surface area contributed by atoms with Gasteiger partial charge in [0.15, 0.2) is 0 Å². The molecule has 1 aromatic rings. The molecule has 2 rings (SSSR count). The molecule has 2 heterocycles. The molecule has 5 heteroatoms. The Morgan fingerprint density at radius 2 is 2.36 bits per heavy atom. The molecule has 0 aromatic carbocycles. The molecule has 5 nitrogen and oxygen atoms in total. The van der Waals surface area contributed by atoms with Crippen LogP contribution in [0.4, 0.5) is 5.69 Å². The van der Waals surface area contributed by atoms with Crippen LogP contribution in [0.1, 0.15) is 13.8 Å². The van der Waals surface area contributed by atoms with Crippen molar-refractivity contribution in [3.63, 3.8) is 0 Å². The third kappa shape index (κ3) is 1.39. The fourth-order valence-electron chi connectivity index (χ4n) is 1.63. The highest BCUT2D eigenvalue weighted by Crippen LogP contribution is 2.19. The summed E-state index contributed by atoms with van der Waals surface area (Å²) in [5.41, 5.74) is 0.361. The Kier molecular flexibility index (Phi) is 2.03. The first-order chi connectivity index (χ1) is 6.61. The molecular formula is C9H14N4O. The van der Waals surface area contributed by atoms with E-state index in [2.05, 4.69) is 15.5 Å². The average molecular weight is 194 g/mol. The fraction of sp³-hybridized carbons (Fsp3) is 0.556. The van der Waals surface area contributed by atoms with E-state index in [0.29, 0.717) is 6.54 Å². The van der Waals surface area contributed by atoms with Gasteiger partial charge in [0.2, 0.25) is 5.91 Å². The number of H-pyrrole nitrogens is 1. The van der Waals surface area contributed by atoms with E-state index in [-0.39, 0.29) is 5.91 Å². The number of aromatic nitrogens is 2. The van der Waals surface area contributed by atoms with Crippen molar-refractivity contribution in [2.75, 3.05) is 18.0 Å². The molecule has 76 valence electrons. The number of hydrogen-bond acceptors (Lipinski definition) is 3. The van der Waals surface area contributed by atoms with Crippen molar-refractivity contribution in [1.82, 2.24) is 15.5 Å². The topological polar surface area (TPSA) is 61.0 Å². The SMILES string of the molecule is CC1(C)NCCN(c2cn[nH]c2)C1=O. The molecule has 1 aliphatic heterocycles. The number of nitrogens with zero attached hydrogens (tertiary/aromatic N) is 2. The largest absolute Gasteiger partial charge is 0.307 e. The van der Waals surface area contributed by atoms with Gasteiger partial charge < -0.3 is 10.2 Å². The van der Waals surface area contributed by atoms with Gasteiger partial charge in [-0.2, -0.15) is 5.10 Å². The van der Waals surface area contributed by atoms with Crippen molar-refractivity contribution in [2.24, 2.45) is 0 Å². The zero-order chi connectivity index (χ0) is 10.2. The maximum Gasteiger partial charge on any atom is 0.246 e. The van der Waals surface area contributed by atoms with Gasteiger partial charge in [-0.05, 0) is 13.8 Å². The minimum absolute atomic E-state index is 0.0881. The lowest BCUT2D eigenvalue weighted by Gasteiger charge is -2.37. The molecule has 1 fully saturated rings. The van der Waals surface area contributed by atoms with Crippen molar-refractivity contribution in [3.05, 3.63) is 12.4 Å². The van der Waals surface area contributed by atoms with Crippen LogP contribution in [0, 0.1) is 0 Å². The Morgan fingerprint density at radius 3 is 3.00 bits per heavy atom. The van der Waals surface area contributed by atoms with E-state index in [1.54, 1.807) is 17.3 Å². The normalized spacial score (nSPS) is 21.3. The molecule has 1 saturated heterocycles. The highest BCUT2D eigenvalue weighted by atomic mass is 16.2. The lowest BCUT2D eigenvalue weighted by atomic mass is 10.0. The summed E-state index contributed by atoms with van der Waals surface area (Å²) in [6, 6.07) is 0. The van der Waals surface area contributed by atoms with Crippen molar-refractivity contribution in [3.8, 4) is 0 Å². The van der Waals surface area contributed by atoms with Crippen LogP contribution < -0.4 is 10.2 Å². The van der Waals surface area contributed by atoms with Gasteiger partial charge in [0, 0.05) is 19.3 Å². The van der Waals surface area contributed by atoms with E-state index in [4.69, 9.17) is 0 Å². The predicted octanol–water partition coefficient (Wildman–Crippen LogP) is 0.124. The first-order valence-electron chi connectivity index (χ1n) is 4.67. The van der Waals surface area contributed by atoms with Gasteiger partial charge in [-0.3, -0.25) is 9.89 Å². The quantitative estimate of drug-likeness (QED) is 0.667. The second-order valence-corrected chi connectivity index (χ2v) is 3.97. The fourth-order valence-corrected chi connectivity index (χ4v) is 1.63. The maximum absolute atomic E-state index is 12.0. The minimum atomic E-state index is -0.477. The van der Waals surface area contributed by atoms with Crippen LogP contribution in [0.15, 0.2) is 12.4 Å². The van der Waals surface area contributed by atoms with Gasteiger partial charge >= 0.3 is 0 Å². The first kappa shape index (κ1) is 9.21. The molecule has 2 N–H and O–H groups in total.